The van der Waals surface area contributed by atoms with Gasteiger partial charge < -0.3 is 14.7 Å². The van der Waals surface area contributed by atoms with Gasteiger partial charge in [0, 0.05) is 17.2 Å². The SMILES string of the molecule is CC1COC(CO)CN1C(=O)c1ccc(Br)cn1. The van der Waals surface area contributed by atoms with Crippen molar-refractivity contribution in [3.8, 4) is 0 Å². The van der Waals surface area contributed by atoms with Gasteiger partial charge in [-0.3, -0.25) is 4.79 Å². The van der Waals surface area contributed by atoms with Crippen molar-refractivity contribution in [2.75, 3.05) is 19.8 Å². The molecular weight excluding hydrogens is 300 g/mol. The Labute approximate surface area is 114 Å². The second-order valence-corrected chi connectivity index (χ2v) is 5.22. The Bertz CT molecular complexity index is 424. The van der Waals surface area contributed by atoms with E-state index in [0.29, 0.717) is 18.8 Å². The lowest BCUT2D eigenvalue weighted by Gasteiger charge is -2.37. The highest BCUT2D eigenvalue weighted by Crippen LogP contribution is 2.15. The Morgan fingerprint density at radius 3 is 3.06 bits per heavy atom. The number of amides is 1. The standard InChI is InChI=1S/C12H15BrN2O3/c1-8-7-18-10(6-16)5-15(8)12(17)11-3-2-9(13)4-14-11/h2-4,8,10,16H,5-7H2,1H3. The van der Waals surface area contributed by atoms with E-state index in [1.807, 2.05) is 6.92 Å². The molecule has 1 amide bonds. The topological polar surface area (TPSA) is 62.7 Å². The number of aliphatic hydroxyl groups excluding tert-OH is 1. The quantitative estimate of drug-likeness (QED) is 0.887. The molecule has 2 unspecified atom stereocenters. The maximum absolute atomic E-state index is 12.3. The summed E-state index contributed by atoms with van der Waals surface area (Å²) in [7, 11) is 0. The van der Waals surface area contributed by atoms with Crippen LogP contribution in [-0.2, 0) is 4.74 Å². The summed E-state index contributed by atoms with van der Waals surface area (Å²) in [6.45, 7) is 2.68. The molecule has 0 saturated carbocycles. The largest absolute Gasteiger partial charge is 0.394 e. The number of morpholine rings is 1. The summed E-state index contributed by atoms with van der Waals surface area (Å²) in [5.41, 5.74) is 0.406. The van der Waals surface area contributed by atoms with Crippen molar-refractivity contribution < 1.29 is 14.6 Å². The minimum Gasteiger partial charge on any atom is -0.394 e. The van der Waals surface area contributed by atoms with E-state index in [9.17, 15) is 4.79 Å². The Balaban J connectivity index is 2.13. The molecule has 0 spiro atoms. The molecule has 1 aliphatic rings. The first-order valence-corrected chi connectivity index (χ1v) is 6.56. The van der Waals surface area contributed by atoms with E-state index in [1.54, 1.807) is 23.2 Å². The van der Waals surface area contributed by atoms with Gasteiger partial charge in [0.15, 0.2) is 0 Å². The van der Waals surface area contributed by atoms with Crippen molar-refractivity contribution in [1.29, 1.82) is 0 Å². The zero-order valence-electron chi connectivity index (χ0n) is 10.0. The third-order valence-corrected chi connectivity index (χ3v) is 3.39. The van der Waals surface area contributed by atoms with E-state index in [-0.39, 0.29) is 24.7 Å². The van der Waals surface area contributed by atoms with Crippen LogP contribution in [0.25, 0.3) is 0 Å². The zero-order valence-corrected chi connectivity index (χ0v) is 11.6. The normalized spacial score (nSPS) is 24.1. The van der Waals surface area contributed by atoms with Crippen LogP contribution in [0.4, 0.5) is 0 Å². The molecule has 0 bridgehead atoms. The lowest BCUT2D eigenvalue weighted by atomic mass is 10.2. The Morgan fingerprint density at radius 2 is 2.44 bits per heavy atom. The molecule has 98 valence electrons. The van der Waals surface area contributed by atoms with E-state index in [1.165, 1.54) is 0 Å². The number of carbonyl (C=O) groups is 1. The van der Waals surface area contributed by atoms with E-state index >= 15 is 0 Å². The van der Waals surface area contributed by atoms with Crippen LogP contribution in [0.5, 0.6) is 0 Å². The zero-order chi connectivity index (χ0) is 13.1. The molecule has 1 aromatic heterocycles. The van der Waals surface area contributed by atoms with Gasteiger partial charge in [0.2, 0.25) is 0 Å². The predicted molar refractivity (Wildman–Crippen MR) is 69.3 cm³/mol. The molecule has 2 heterocycles. The lowest BCUT2D eigenvalue weighted by molar-refractivity contribution is -0.0668. The molecule has 1 aromatic rings. The highest BCUT2D eigenvalue weighted by atomic mass is 79.9. The molecule has 5 nitrogen and oxygen atoms in total. The molecule has 0 aliphatic carbocycles. The van der Waals surface area contributed by atoms with Gasteiger partial charge in [-0.2, -0.15) is 0 Å². The summed E-state index contributed by atoms with van der Waals surface area (Å²) in [6.07, 6.45) is 1.29. The summed E-state index contributed by atoms with van der Waals surface area (Å²) >= 11 is 3.28. The summed E-state index contributed by atoms with van der Waals surface area (Å²) < 4.78 is 6.24. The lowest BCUT2D eigenvalue weighted by Crippen LogP contribution is -2.52. The van der Waals surface area contributed by atoms with Gasteiger partial charge >= 0.3 is 0 Å². The van der Waals surface area contributed by atoms with Gasteiger partial charge in [-0.1, -0.05) is 0 Å². The molecule has 1 saturated heterocycles. The highest BCUT2D eigenvalue weighted by Gasteiger charge is 2.30. The van der Waals surface area contributed by atoms with Crippen molar-refractivity contribution >= 4 is 21.8 Å². The summed E-state index contributed by atoms with van der Waals surface area (Å²) in [5.74, 6) is -0.128. The fourth-order valence-corrected chi connectivity index (χ4v) is 2.09. The molecule has 0 radical (unpaired) electrons. The van der Waals surface area contributed by atoms with Crippen LogP contribution in [0.3, 0.4) is 0 Å². The molecule has 2 atom stereocenters. The molecule has 2 rings (SSSR count). The number of aromatic nitrogens is 1. The minimum atomic E-state index is -0.305. The number of ether oxygens (including phenoxy) is 1. The van der Waals surface area contributed by atoms with E-state index in [0.717, 1.165) is 4.47 Å². The van der Waals surface area contributed by atoms with Crippen molar-refractivity contribution in [2.45, 2.75) is 19.1 Å². The first-order valence-electron chi connectivity index (χ1n) is 5.77. The smallest absolute Gasteiger partial charge is 0.272 e. The fourth-order valence-electron chi connectivity index (χ4n) is 1.86. The maximum Gasteiger partial charge on any atom is 0.272 e. The number of aliphatic hydroxyl groups is 1. The molecule has 1 N–H and O–H groups in total. The number of pyridine rings is 1. The second kappa shape index (κ2) is 5.77. The summed E-state index contributed by atoms with van der Waals surface area (Å²) in [4.78, 5) is 18.1. The average molecular weight is 315 g/mol. The first-order chi connectivity index (χ1) is 8.61. The molecule has 6 heteroatoms. The number of halogens is 1. The van der Waals surface area contributed by atoms with Crippen molar-refractivity contribution in [3.05, 3.63) is 28.5 Å². The van der Waals surface area contributed by atoms with Crippen LogP contribution in [0.1, 0.15) is 17.4 Å². The summed E-state index contributed by atoms with van der Waals surface area (Å²) in [6, 6.07) is 3.46. The highest BCUT2D eigenvalue weighted by molar-refractivity contribution is 9.10. The Kier molecular flexibility index (Phi) is 4.31. The number of hydrogen-bond donors (Lipinski definition) is 1. The Morgan fingerprint density at radius 1 is 1.67 bits per heavy atom. The van der Waals surface area contributed by atoms with Crippen molar-refractivity contribution in [1.82, 2.24) is 9.88 Å². The van der Waals surface area contributed by atoms with Gasteiger partial charge in [-0.15, -0.1) is 0 Å². The Hall–Kier alpha value is -0.980. The van der Waals surface area contributed by atoms with Crippen LogP contribution in [0.15, 0.2) is 22.8 Å². The van der Waals surface area contributed by atoms with Gasteiger partial charge in [0.05, 0.1) is 25.4 Å². The number of carbonyl (C=O) groups excluding carboxylic acids is 1. The average Bonchev–Trinajstić information content (AvgIpc) is 2.39. The van der Waals surface area contributed by atoms with Gasteiger partial charge in [-0.25, -0.2) is 4.98 Å². The van der Waals surface area contributed by atoms with Gasteiger partial charge in [-0.05, 0) is 35.0 Å². The van der Waals surface area contributed by atoms with E-state index in [2.05, 4.69) is 20.9 Å². The first kappa shape index (κ1) is 13.5. The van der Waals surface area contributed by atoms with E-state index < -0.39 is 0 Å². The second-order valence-electron chi connectivity index (χ2n) is 4.31. The molecule has 0 aromatic carbocycles. The third kappa shape index (κ3) is 2.88. The predicted octanol–water partition coefficient (Wildman–Crippen LogP) is 1.07. The van der Waals surface area contributed by atoms with Crippen LogP contribution < -0.4 is 0 Å². The minimum absolute atomic E-state index is 0.00857. The van der Waals surface area contributed by atoms with Gasteiger partial charge in [0.1, 0.15) is 5.69 Å². The fraction of sp³-hybridized carbons (Fsp3) is 0.500. The number of nitrogens with zero attached hydrogens (tertiary/aromatic N) is 2. The monoisotopic (exact) mass is 314 g/mol. The number of rotatable bonds is 2. The molecule has 18 heavy (non-hydrogen) atoms. The van der Waals surface area contributed by atoms with E-state index in [4.69, 9.17) is 9.84 Å². The summed E-state index contributed by atoms with van der Waals surface area (Å²) in [5, 5.41) is 9.10. The molecule has 1 aliphatic heterocycles. The maximum atomic E-state index is 12.3. The van der Waals surface area contributed by atoms with Crippen LogP contribution >= 0.6 is 15.9 Å². The van der Waals surface area contributed by atoms with Crippen LogP contribution in [0.2, 0.25) is 0 Å². The van der Waals surface area contributed by atoms with Gasteiger partial charge in [0.25, 0.3) is 5.91 Å². The third-order valence-electron chi connectivity index (χ3n) is 2.92. The van der Waals surface area contributed by atoms with Crippen molar-refractivity contribution in [2.24, 2.45) is 0 Å². The molecule has 1 fully saturated rings. The molecular formula is C12H15BrN2O3. The number of hydrogen-bond acceptors (Lipinski definition) is 4. The van der Waals surface area contributed by atoms with Crippen LogP contribution in [-0.4, -0.2) is 52.8 Å². The van der Waals surface area contributed by atoms with Crippen LogP contribution in [0, 0.1) is 0 Å². The van der Waals surface area contributed by atoms with Crippen molar-refractivity contribution in [3.63, 3.8) is 0 Å².